The zero-order valence-corrected chi connectivity index (χ0v) is 14.7. The Morgan fingerprint density at radius 2 is 2.20 bits per heavy atom. The third-order valence-corrected chi connectivity index (χ3v) is 4.23. The first kappa shape index (κ1) is 18.7. The van der Waals surface area contributed by atoms with Crippen molar-refractivity contribution in [2.75, 3.05) is 6.61 Å². The van der Waals surface area contributed by atoms with Gasteiger partial charge >= 0.3 is 5.97 Å². The van der Waals surface area contributed by atoms with E-state index < -0.39 is 17.3 Å². The number of esters is 1. The molecule has 0 amide bonds. The molecule has 0 aromatic heterocycles. The van der Waals surface area contributed by atoms with E-state index in [1.54, 1.807) is 26.8 Å². The van der Waals surface area contributed by atoms with Gasteiger partial charge in [-0.3, -0.25) is 9.59 Å². The largest absolute Gasteiger partial charge is 0.509 e. The van der Waals surface area contributed by atoms with Crippen LogP contribution in [0, 0.1) is 23.7 Å². The maximum absolute atomic E-state index is 12.4. The first-order valence-corrected chi connectivity index (χ1v) is 8.22. The molecule has 2 aliphatic rings. The number of hydrogen-bond donors (Lipinski definition) is 1. The minimum absolute atomic E-state index is 0.0729. The summed E-state index contributed by atoms with van der Waals surface area (Å²) in [6.07, 6.45) is 10.5. The molecule has 25 heavy (non-hydrogen) atoms. The minimum atomic E-state index is -0.944. The Kier molecular flexibility index (Phi) is 5.58. The summed E-state index contributed by atoms with van der Waals surface area (Å²) in [4.78, 5) is 24.6. The maximum Gasteiger partial charge on any atom is 0.317 e. The third-order valence-electron chi connectivity index (χ3n) is 4.23. The number of terminal acetylenes is 1. The van der Waals surface area contributed by atoms with Crippen LogP contribution in [0.5, 0.6) is 0 Å². The Hall–Kier alpha value is -2.68. The lowest BCUT2D eigenvalue weighted by Gasteiger charge is -2.35. The molecule has 132 valence electrons. The molecule has 2 rings (SSSR count). The van der Waals surface area contributed by atoms with E-state index in [2.05, 4.69) is 16.1 Å². The molecule has 0 aromatic rings. The molecule has 1 unspecified atom stereocenters. The zero-order valence-electron chi connectivity index (χ0n) is 14.7. The number of rotatable bonds is 4. The van der Waals surface area contributed by atoms with E-state index in [1.807, 2.05) is 6.08 Å². The number of aliphatic hydroxyl groups excluding tert-OH is 1. The Morgan fingerprint density at radius 1 is 1.48 bits per heavy atom. The fourth-order valence-electron chi connectivity index (χ4n) is 2.99. The fourth-order valence-corrected chi connectivity index (χ4v) is 2.99. The summed E-state index contributed by atoms with van der Waals surface area (Å²) in [6.45, 7) is 5.36. The van der Waals surface area contributed by atoms with Crippen LogP contribution in [0.3, 0.4) is 0 Å². The molecule has 0 fully saturated rings. The van der Waals surface area contributed by atoms with Crippen molar-refractivity contribution in [2.24, 2.45) is 21.6 Å². The van der Waals surface area contributed by atoms with Gasteiger partial charge in [-0.1, -0.05) is 25.8 Å². The van der Waals surface area contributed by atoms with E-state index >= 15 is 0 Å². The van der Waals surface area contributed by atoms with Crippen molar-refractivity contribution >= 4 is 11.8 Å². The van der Waals surface area contributed by atoms with Crippen LogP contribution in [-0.4, -0.2) is 23.5 Å². The van der Waals surface area contributed by atoms with Gasteiger partial charge in [-0.2, -0.15) is 5.11 Å². The second kappa shape index (κ2) is 7.47. The number of ketones is 1. The fraction of sp³-hybridized carbons (Fsp3) is 0.474. The molecule has 0 spiro atoms. The number of nitrogens with zero attached hydrogens (tertiary/aromatic N) is 2. The third kappa shape index (κ3) is 4.05. The number of aliphatic hydroxyl groups is 1. The summed E-state index contributed by atoms with van der Waals surface area (Å²) >= 11 is 0. The van der Waals surface area contributed by atoms with E-state index in [1.165, 1.54) is 0 Å². The lowest BCUT2D eigenvalue weighted by Crippen LogP contribution is -2.40. The van der Waals surface area contributed by atoms with Gasteiger partial charge < -0.3 is 9.84 Å². The predicted octanol–water partition coefficient (Wildman–Crippen LogP) is 3.62. The molecule has 0 heterocycles. The van der Waals surface area contributed by atoms with Crippen LogP contribution < -0.4 is 0 Å². The molecule has 1 N–H and O–H groups in total. The van der Waals surface area contributed by atoms with E-state index in [0.717, 1.165) is 6.42 Å². The molecule has 6 nitrogen and oxygen atoms in total. The number of ether oxygens (including phenoxy) is 1. The van der Waals surface area contributed by atoms with Crippen LogP contribution in [-0.2, 0) is 14.3 Å². The highest BCUT2D eigenvalue weighted by molar-refractivity contribution is 5.99. The molecule has 0 aromatic carbocycles. The SMILES string of the molecule is C#CC1=CCCC(N=NC2=C(O)C(C(=O)OCC)C(C)(C)CC2=O)=C1. The monoisotopic (exact) mass is 342 g/mol. The molecule has 0 bridgehead atoms. The van der Waals surface area contributed by atoms with Gasteiger partial charge in [0.15, 0.2) is 11.5 Å². The second-order valence-electron chi connectivity index (χ2n) is 6.69. The van der Waals surface area contributed by atoms with Gasteiger partial charge in [-0.25, -0.2) is 0 Å². The van der Waals surface area contributed by atoms with Crippen LogP contribution >= 0.6 is 0 Å². The number of hydrogen-bond acceptors (Lipinski definition) is 6. The Morgan fingerprint density at radius 3 is 2.84 bits per heavy atom. The average molecular weight is 342 g/mol. The van der Waals surface area contributed by atoms with Crippen LogP contribution in [0.4, 0.5) is 0 Å². The maximum atomic E-state index is 12.4. The highest BCUT2D eigenvalue weighted by Crippen LogP contribution is 2.42. The Labute approximate surface area is 147 Å². The number of carbonyl (C=O) groups excluding carboxylic acids is 2. The first-order chi connectivity index (χ1) is 11.8. The van der Waals surface area contributed by atoms with Gasteiger partial charge in [0.1, 0.15) is 11.7 Å². The quantitative estimate of drug-likeness (QED) is 0.480. The van der Waals surface area contributed by atoms with Gasteiger partial charge in [0.05, 0.1) is 12.3 Å². The predicted molar refractivity (Wildman–Crippen MR) is 92.3 cm³/mol. The van der Waals surface area contributed by atoms with E-state index in [0.29, 0.717) is 17.7 Å². The first-order valence-electron chi connectivity index (χ1n) is 8.22. The van der Waals surface area contributed by atoms with Crippen LogP contribution in [0.25, 0.3) is 0 Å². The number of allylic oxidation sites excluding steroid dienone is 5. The topological polar surface area (TPSA) is 88.3 Å². The van der Waals surface area contributed by atoms with Gasteiger partial charge in [-0.05, 0) is 31.3 Å². The molecule has 2 aliphatic carbocycles. The number of carbonyl (C=O) groups is 2. The van der Waals surface area contributed by atoms with Crippen molar-refractivity contribution in [3.8, 4) is 12.3 Å². The van der Waals surface area contributed by atoms with Crippen molar-refractivity contribution < 1.29 is 19.4 Å². The molecule has 1 atom stereocenters. The summed E-state index contributed by atoms with van der Waals surface area (Å²) in [7, 11) is 0. The van der Waals surface area contributed by atoms with Gasteiger partial charge in [0.2, 0.25) is 0 Å². The standard InChI is InChI=1S/C19H22N2O4/c1-5-12-8-7-9-13(10-12)20-21-16-14(22)11-19(3,4)15(17(16)23)18(24)25-6-2/h1,8,10,15,23H,6-7,9,11H2,2-4H3. The van der Waals surface area contributed by atoms with E-state index in [9.17, 15) is 14.7 Å². The van der Waals surface area contributed by atoms with Crippen molar-refractivity contribution in [1.82, 2.24) is 0 Å². The second-order valence-corrected chi connectivity index (χ2v) is 6.69. The van der Waals surface area contributed by atoms with Gasteiger partial charge in [0.25, 0.3) is 0 Å². The molecule has 6 heteroatoms. The highest BCUT2D eigenvalue weighted by atomic mass is 16.5. The summed E-state index contributed by atoms with van der Waals surface area (Å²) in [5, 5.41) is 18.5. The summed E-state index contributed by atoms with van der Waals surface area (Å²) in [5.41, 5.74) is 0.394. The van der Waals surface area contributed by atoms with Crippen molar-refractivity contribution in [3.63, 3.8) is 0 Å². The van der Waals surface area contributed by atoms with Crippen molar-refractivity contribution in [2.45, 2.75) is 40.0 Å². The lowest BCUT2D eigenvalue weighted by atomic mass is 9.70. The van der Waals surface area contributed by atoms with E-state index in [-0.39, 0.29) is 30.3 Å². The van der Waals surface area contributed by atoms with Gasteiger partial charge in [0, 0.05) is 12.0 Å². The Balaban J connectivity index is 2.36. The molecular weight excluding hydrogens is 320 g/mol. The van der Waals surface area contributed by atoms with Crippen LogP contribution in [0.1, 0.15) is 40.0 Å². The van der Waals surface area contributed by atoms with Crippen molar-refractivity contribution in [3.05, 3.63) is 34.9 Å². The number of Topliss-reactive ketones (excluding diaryl/α,β-unsaturated/α-hetero) is 1. The lowest BCUT2D eigenvalue weighted by molar-refractivity contribution is -0.152. The van der Waals surface area contributed by atoms with E-state index in [4.69, 9.17) is 11.2 Å². The normalized spacial score (nSPS) is 23.1. The Bertz CT molecular complexity index is 748. The number of azo groups is 1. The zero-order chi connectivity index (χ0) is 18.6. The molecule has 0 saturated carbocycles. The van der Waals surface area contributed by atoms with Crippen LogP contribution in [0.15, 0.2) is 45.1 Å². The van der Waals surface area contributed by atoms with Gasteiger partial charge in [-0.15, -0.1) is 11.5 Å². The summed E-state index contributed by atoms with van der Waals surface area (Å²) in [5.74, 6) is 0.283. The minimum Gasteiger partial charge on any atom is -0.509 e. The van der Waals surface area contributed by atoms with Crippen molar-refractivity contribution in [1.29, 1.82) is 0 Å². The highest BCUT2D eigenvalue weighted by Gasteiger charge is 2.47. The smallest absolute Gasteiger partial charge is 0.317 e. The van der Waals surface area contributed by atoms with Crippen LogP contribution in [0.2, 0.25) is 0 Å². The molecule has 0 saturated heterocycles. The summed E-state index contributed by atoms with van der Waals surface area (Å²) in [6, 6.07) is 0. The molecular formula is C19H22N2O4. The average Bonchev–Trinajstić information content (AvgIpc) is 2.53. The molecule has 0 aliphatic heterocycles. The molecule has 0 radical (unpaired) electrons. The summed E-state index contributed by atoms with van der Waals surface area (Å²) < 4.78 is 5.04.